The van der Waals surface area contributed by atoms with Crippen molar-refractivity contribution in [1.82, 2.24) is 0 Å². The second-order valence-electron chi connectivity index (χ2n) is 15.3. The van der Waals surface area contributed by atoms with E-state index in [2.05, 4.69) is 77.2 Å². The number of carbonyl (C=O) groups is 2. The van der Waals surface area contributed by atoms with Crippen LogP contribution in [0.15, 0.2) is 41.7 Å². The van der Waals surface area contributed by atoms with Crippen LogP contribution < -0.4 is 9.33 Å². The Morgan fingerprint density at radius 3 is 2.32 bits per heavy atom. The fourth-order valence-electron chi connectivity index (χ4n) is 6.58. The van der Waals surface area contributed by atoms with E-state index in [4.69, 9.17) is 28.1 Å². The lowest BCUT2D eigenvalue weighted by atomic mass is 9.59. The van der Waals surface area contributed by atoms with Crippen LogP contribution in [0.1, 0.15) is 33.3 Å². The number of anilines is 1. The maximum Gasteiger partial charge on any atom is 0.415 e. The Bertz CT molecular complexity index is 1650. The number of nitrogens with zero attached hydrogens (tertiary/aromatic N) is 1. The van der Waals surface area contributed by atoms with E-state index in [1.54, 1.807) is 17.1 Å². The van der Waals surface area contributed by atoms with Crippen LogP contribution in [0.3, 0.4) is 0 Å². The molecule has 5 rings (SSSR count). The molecular formula is C36H47NO8Si2. The van der Waals surface area contributed by atoms with Crippen molar-refractivity contribution < 1.29 is 37.7 Å². The molecule has 2 aliphatic carbocycles. The van der Waals surface area contributed by atoms with Gasteiger partial charge in [-0.25, -0.2) is 9.59 Å². The van der Waals surface area contributed by atoms with E-state index in [9.17, 15) is 9.59 Å². The third-order valence-corrected chi connectivity index (χ3v) is 16.1. The molecule has 0 radical (unpaired) electrons. The van der Waals surface area contributed by atoms with Gasteiger partial charge in [-0.1, -0.05) is 71.0 Å². The first-order valence-corrected chi connectivity index (χ1v) is 22.7. The van der Waals surface area contributed by atoms with Gasteiger partial charge in [0.25, 0.3) is 0 Å². The number of amides is 1. The molecule has 9 nitrogen and oxygen atoms in total. The number of epoxide rings is 1. The normalized spacial score (nSPS) is 27.9. The van der Waals surface area contributed by atoms with Gasteiger partial charge >= 0.3 is 12.1 Å². The standard InChI is InChI=1S/C36H47NO8Si2/c1-24-30(32(38)43-23-40-5)31(41-6)26-16-14-12-13-15-17-29-35(24)36(26,45-35)27-22-25(44-47(10,11)34(2,3)4)18-19-28(27)37(29)33(39)42-20-21-46(7,8)9/h12-13,18-19,22,24,26,29H,20-21,23H2,1-11H3/b13-12-/t24-,26+,29-,35-,36+/m0/s1. The van der Waals surface area contributed by atoms with Crippen LogP contribution in [0, 0.1) is 35.5 Å². The molecule has 1 saturated heterocycles. The molecule has 1 aromatic rings. The Balaban J connectivity index is 1.76. The largest absolute Gasteiger partial charge is 0.543 e. The van der Waals surface area contributed by atoms with Gasteiger partial charge < -0.3 is 28.1 Å². The zero-order valence-corrected chi connectivity index (χ0v) is 31.5. The first kappa shape index (κ1) is 34.8. The van der Waals surface area contributed by atoms with Crippen molar-refractivity contribution in [2.45, 2.75) is 88.8 Å². The molecule has 1 fully saturated rings. The number of ether oxygens (including phenoxy) is 5. The summed E-state index contributed by atoms with van der Waals surface area (Å²) < 4.78 is 36.3. The number of methoxy groups -OCH3 is 2. The third-order valence-electron chi connectivity index (χ3n) is 10.1. The highest BCUT2D eigenvalue weighted by atomic mass is 28.4. The minimum Gasteiger partial charge on any atom is -0.543 e. The summed E-state index contributed by atoms with van der Waals surface area (Å²) in [6, 6.07) is 5.74. The molecule has 4 bridgehead atoms. The zero-order valence-electron chi connectivity index (χ0n) is 29.5. The number of hydrogen-bond acceptors (Lipinski definition) is 8. The second-order valence-corrected chi connectivity index (χ2v) is 25.6. The predicted molar refractivity (Wildman–Crippen MR) is 185 cm³/mol. The van der Waals surface area contributed by atoms with Crippen LogP contribution in [-0.2, 0) is 34.1 Å². The topological polar surface area (TPSA) is 96.1 Å². The molecule has 252 valence electrons. The van der Waals surface area contributed by atoms with Gasteiger partial charge in [0, 0.05) is 26.7 Å². The van der Waals surface area contributed by atoms with E-state index in [1.807, 2.05) is 25.1 Å². The summed E-state index contributed by atoms with van der Waals surface area (Å²) in [6.07, 6.45) is 2.78. The predicted octanol–water partition coefficient (Wildman–Crippen LogP) is 6.59. The van der Waals surface area contributed by atoms with Gasteiger partial charge in [0.15, 0.2) is 6.79 Å². The fourth-order valence-corrected chi connectivity index (χ4v) is 8.32. The van der Waals surface area contributed by atoms with Gasteiger partial charge in [-0.2, -0.15) is 0 Å². The first-order valence-electron chi connectivity index (χ1n) is 16.1. The molecule has 0 aromatic heterocycles. The molecule has 2 heterocycles. The Morgan fingerprint density at radius 1 is 1.02 bits per heavy atom. The molecule has 0 unspecified atom stereocenters. The summed E-state index contributed by atoms with van der Waals surface area (Å²) >= 11 is 0. The lowest BCUT2D eigenvalue weighted by Gasteiger charge is -2.46. The van der Waals surface area contributed by atoms with E-state index >= 15 is 0 Å². The highest BCUT2D eigenvalue weighted by Gasteiger charge is 2.86. The average Bonchev–Trinajstić information content (AvgIpc) is 3.70. The molecule has 11 heteroatoms. The van der Waals surface area contributed by atoms with Crippen molar-refractivity contribution in [3.05, 3.63) is 47.2 Å². The molecule has 1 amide bonds. The molecule has 1 aromatic carbocycles. The molecule has 4 aliphatic rings. The van der Waals surface area contributed by atoms with Gasteiger partial charge in [0.05, 0.1) is 25.0 Å². The molecule has 2 aliphatic heterocycles. The van der Waals surface area contributed by atoms with Crippen molar-refractivity contribution in [2.75, 3.05) is 32.5 Å². The zero-order chi connectivity index (χ0) is 34.6. The van der Waals surface area contributed by atoms with Crippen LogP contribution in [0.4, 0.5) is 10.5 Å². The van der Waals surface area contributed by atoms with Crippen LogP contribution in [-0.4, -0.2) is 67.7 Å². The highest BCUT2D eigenvalue weighted by molar-refractivity contribution is 6.76. The minimum absolute atomic E-state index is 0.0476. The first-order chi connectivity index (χ1) is 22.0. The number of allylic oxidation sites excluding steroid dienone is 2. The number of carbonyl (C=O) groups excluding carboxylic acids is 2. The van der Waals surface area contributed by atoms with Gasteiger partial charge in [-0.05, 0) is 54.5 Å². The lowest BCUT2D eigenvalue weighted by Crippen LogP contribution is -2.61. The van der Waals surface area contributed by atoms with Gasteiger partial charge in [-0.15, -0.1) is 0 Å². The summed E-state index contributed by atoms with van der Waals surface area (Å²) in [4.78, 5) is 29.5. The minimum atomic E-state index is -2.25. The van der Waals surface area contributed by atoms with Gasteiger partial charge in [0.2, 0.25) is 8.32 Å². The molecular weight excluding hydrogens is 631 g/mol. The Labute approximate surface area is 281 Å². The average molecular weight is 678 g/mol. The van der Waals surface area contributed by atoms with E-state index in [0.29, 0.717) is 22.8 Å². The van der Waals surface area contributed by atoms with E-state index in [1.165, 1.54) is 14.2 Å². The number of fused-ring (bicyclic) bond motifs is 1. The van der Waals surface area contributed by atoms with Crippen molar-refractivity contribution >= 4 is 34.1 Å². The van der Waals surface area contributed by atoms with E-state index < -0.39 is 57.5 Å². The van der Waals surface area contributed by atoms with Gasteiger partial charge in [0.1, 0.15) is 34.7 Å². The molecule has 0 N–H and O–H groups in total. The summed E-state index contributed by atoms with van der Waals surface area (Å²) in [6.45, 7) is 19.6. The maximum atomic E-state index is 14.2. The van der Waals surface area contributed by atoms with Crippen molar-refractivity contribution in [3.8, 4) is 29.4 Å². The van der Waals surface area contributed by atoms with Crippen molar-refractivity contribution in [1.29, 1.82) is 0 Å². The molecule has 47 heavy (non-hydrogen) atoms. The highest BCUT2D eigenvalue weighted by Crippen LogP contribution is 2.75. The Morgan fingerprint density at radius 2 is 1.70 bits per heavy atom. The van der Waals surface area contributed by atoms with Crippen LogP contribution in [0.2, 0.25) is 43.8 Å². The Kier molecular flexibility index (Phi) is 9.04. The number of benzene rings is 1. The molecule has 0 spiro atoms. The van der Waals surface area contributed by atoms with E-state index in [-0.39, 0.29) is 24.0 Å². The van der Waals surface area contributed by atoms with Crippen LogP contribution in [0.5, 0.6) is 5.75 Å². The van der Waals surface area contributed by atoms with Gasteiger partial charge in [-0.3, -0.25) is 4.90 Å². The smallest absolute Gasteiger partial charge is 0.415 e. The monoisotopic (exact) mass is 677 g/mol. The molecule has 5 atom stereocenters. The quantitative estimate of drug-likeness (QED) is 0.0951. The van der Waals surface area contributed by atoms with Crippen LogP contribution >= 0.6 is 0 Å². The fraction of sp³-hybridized carbons (Fsp3) is 0.556. The lowest BCUT2D eigenvalue weighted by molar-refractivity contribution is -0.150. The summed E-state index contributed by atoms with van der Waals surface area (Å²) in [5.41, 5.74) is -0.713. The summed E-state index contributed by atoms with van der Waals surface area (Å²) in [5, 5.41) is -0.0476. The third kappa shape index (κ3) is 5.71. The van der Waals surface area contributed by atoms with Crippen molar-refractivity contribution in [2.24, 2.45) is 11.8 Å². The number of rotatable bonds is 9. The maximum absolute atomic E-state index is 14.2. The summed E-state index contributed by atoms with van der Waals surface area (Å²) in [5.74, 6) is 11.9. The van der Waals surface area contributed by atoms with Crippen LogP contribution in [0.25, 0.3) is 0 Å². The van der Waals surface area contributed by atoms with E-state index in [0.717, 1.165) is 6.04 Å². The number of esters is 1. The van der Waals surface area contributed by atoms with Crippen molar-refractivity contribution in [3.63, 3.8) is 0 Å². The SMILES string of the molecule is COCOC(=O)C1=C(OC)[C@H]2C#C/C=C\C#C[C@@H]3N(C(=O)OCC[Si](C)(C)C)c4ccc(O[Si](C)(C)C(C)(C)C)cc4[C@]24O[C@@]34[C@H]1C. The second kappa shape index (κ2) is 12.2. The summed E-state index contributed by atoms with van der Waals surface area (Å²) in [7, 11) is -0.777. The number of hydrogen-bond donors (Lipinski definition) is 0. The molecule has 0 saturated carbocycles. The Hall–Kier alpha value is -3.49.